The molecule has 0 bridgehead atoms. The van der Waals surface area contributed by atoms with Crippen molar-refractivity contribution in [2.24, 2.45) is 5.10 Å². The molecule has 0 aliphatic heterocycles. The quantitative estimate of drug-likeness (QED) is 0.598. The molecule has 0 unspecified atom stereocenters. The summed E-state index contributed by atoms with van der Waals surface area (Å²) < 4.78 is 11.5. The predicted molar refractivity (Wildman–Crippen MR) is 93.4 cm³/mol. The lowest BCUT2D eigenvalue weighted by atomic mass is 10.2. The number of carbonyl (C=O) groups excluding carboxylic acids is 1. The van der Waals surface area contributed by atoms with Crippen LogP contribution in [0.3, 0.4) is 0 Å². The van der Waals surface area contributed by atoms with Crippen molar-refractivity contribution in [2.75, 3.05) is 13.7 Å². The van der Waals surface area contributed by atoms with Crippen LogP contribution in [-0.4, -0.2) is 25.8 Å². The summed E-state index contributed by atoms with van der Waals surface area (Å²) in [6, 6.07) is 12.4. The predicted octanol–water partition coefficient (Wildman–Crippen LogP) is 3.64. The van der Waals surface area contributed by atoms with Crippen LogP contribution in [0.5, 0.6) is 11.5 Å². The van der Waals surface area contributed by atoms with Crippen molar-refractivity contribution in [2.45, 2.75) is 0 Å². The normalized spacial score (nSPS) is 10.6. The fraction of sp³-hybridized carbons (Fsp3) is 0.125. The zero-order valence-electron chi connectivity index (χ0n) is 12.3. The van der Waals surface area contributed by atoms with E-state index < -0.39 is 0 Å². The summed E-state index contributed by atoms with van der Waals surface area (Å²) in [5.41, 5.74) is 3.17. The first kappa shape index (κ1) is 17.3. The van der Waals surface area contributed by atoms with Crippen LogP contribution in [0.4, 0.5) is 0 Å². The number of nitrogens with zero attached hydrogens (tertiary/aromatic N) is 1. The van der Waals surface area contributed by atoms with Gasteiger partial charge in [-0.05, 0) is 35.9 Å². The number of benzene rings is 2. The van der Waals surface area contributed by atoms with E-state index in [1.165, 1.54) is 13.3 Å². The summed E-state index contributed by atoms with van der Waals surface area (Å²) in [6.45, 7) is -0.176. The van der Waals surface area contributed by atoms with Gasteiger partial charge in [-0.15, -0.1) is 0 Å². The van der Waals surface area contributed by atoms with Gasteiger partial charge in [-0.25, -0.2) is 5.43 Å². The summed E-state index contributed by atoms with van der Waals surface area (Å²) in [7, 11) is 1.53. The van der Waals surface area contributed by atoms with Gasteiger partial charge in [0.05, 0.1) is 13.3 Å². The Morgan fingerprint density at radius 1 is 1.30 bits per heavy atom. The van der Waals surface area contributed by atoms with Gasteiger partial charge in [-0.2, -0.15) is 5.10 Å². The van der Waals surface area contributed by atoms with E-state index >= 15 is 0 Å². The third kappa shape index (κ3) is 5.58. The van der Waals surface area contributed by atoms with Crippen LogP contribution in [0, 0.1) is 0 Å². The molecule has 23 heavy (non-hydrogen) atoms. The summed E-state index contributed by atoms with van der Waals surface area (Å²) in [4.78, 5) is 11.7. The SMILES string of the molecule is COc1cc(Br)ccc1OCC(=O)NN=Cc1cccc(Cl)c1. The number of amides is 1. The Morgan fingerprint density at radius 2 is 2.13 bits per heavy atom. The van der Waals surface area contributed by atoms with E-state index in [-0.39, 0.29) is 12.5 Å². The highest BCUT2D eigenvalue weighted by Gasteiger charge is 2.07. The number of hydrogen-bond donors (Lipinski definition) is 1. The third-order valence-corrected chi connectivity index (χ3v) is 3.46. The second-order valence-corrected chi connectivity index (χ2v) is 5.78. The minimum absolute atomic E-state index is 0.176. The first-order valence-electron chi connectivity index (χ1n) is 6.62. The molecule has 0 radical (unpaired) electrons. The lowest BCUT2D eigenvalue weighted by Crippen LogP contribution is -2.24. The van der Waals surface area contributed by atoms with Gasteiger partial charge in [0.15, 0.2) is 18.1 Å². The van der Waals surface area contributed by atoms with Crippen LogP contribution in [0.25, 0.3) is 0 Å². The van der Waals surface area contributed by atoms with Crippen molar-refractivity contribution in [3.63, 3.8) is 0 Å². The molecule has 0 aliphatic rings. The van der Waals surface area contributed by atoms with Gasteiger partial charge in [0.2, 0.25) is 0 Å². The van der Waals surface area contributed by atoms with Crippen molar-refractivity contribution in [1.82, 2.24) is 5.43 Å². The summed E-state index contributed by atoms with van der Waals surface area (Å²) in [5, 5.41) is 4.45. The molecule has 0 fully saturated rings. The standard InChI is InChI=1S/C16H14BrClN2O3/c1-22-15-8-12(17)5-6-14(15)23-10-16(21)20-19-9-11-3-2-4-13(18)7-11/h2-9H,10H2,1H3,(H,20,21). The monoisotopic (exact) mass is 396 g/mol. The van der Waals surface area contributed by atoms with Crippen molar-refractivity contribution < 1.29 is 14.3 Å². The van der Waals surface area contributed by atoms with Gasteiger partial charge in [-0.1, -0.05) is 39.7 Å². The van der Waals surface area contributed by atoms with E-state index in [1.807, 2.05) is 6.07 Å². The van der Waals surface area contributed by atoms with Gasteiger partial charge in [0.25, 0.3) is 5.91 Å². The van der Waals surface area contributed by atoms with E-state index in [0.29, 0.717) is 16.5 Å². The number of halogens is 2. The molecule has 2 rings (SSSR count). The molecular weight excluding hydrogens is 384 g/mol. The molecular formula is C16H14BrClN2O3. The largest absolute Gasteiger partial charge is 0.493 e. The Hall–Kier alpha value is -2.05. The second-order valence-electron chi connectivity index (χ2n) is 4.43. The number of methoxy groups -OCH3 is 1. The molecule has 120 valence electrons. The Labute approximate surface area is 147 Å². The first-order chi connectivity index (χ1) is 11.1. The Morgan fingerprint density at radius 3 is 2.87 bits per heavy atom. The molecule has 0 aromatic heterocycles. The van der Waals surface area contributed by atoms with E-state index in [4.69, 9.17) is 21.1 Å². The molecule has 2 aromatic carbocycles. The van der Waals surface area contributed by atoms with Gasteiger partial charge in [-0.3, -0.25) is 4.79 Å². The van der Waals surface area contributed by atoms with Crippen LogP contribution in [0.15, 0.2) is 52.0 Å². The third-order valence-electron chi connectivity index (χ3n) is 2.74. The Bertz CT molecular complexity index is 722. The minimum Gasteiger partial charge on any atom is -0.493 e. The fourth-order valence-electron chi connectivity index (χ4n) is 1.70. The lowest BCUT2D eigenvalue weighted by molar-refractivity contribution is -0.123. The average Bonchev–Trinajstić information content (AvgIpc) is 2.53. The van der Waals surface area contributed by atoms with Crippen molar-refractivity contribution in [1.29, 1.82) is 0 Å². The molecule has 5 nitrogen and oxygen atoms in total. The van der Waals surface area contributed by atoms with Crippen LogP contribution >= 0.6 is 27.5 Å². The molecule has 2 aromatic rings. The summed E-state index contributed by atoms with van der Waals surface area (Å²) >= 11 is 9.19. The summed E-state index contributed by atoms with van der Waals surface area (Å²) in [6.07, 6.45) is 1.50. The molecule has 7 heteroatoms. The maximum Gasteiger partial charge on any atom is 0.277 e. The maximum atomic E-state index is 11.7. The number of nitrogens with one attached hydrogen (secondary N) is 1. The van der Waals surface area contributed by atoms with Crippen LogP contribution < -0.4 is 14.9 Å². The Kier molecular flexibility index (Phi) is 6.43. The molecule has 0 saturated heterocycles. The molecule has 0 spiro atoms. The number of hydrogen-bond acceptors (Lipinski definition) is 4. The van der Waals surface area contributed by atoms with Gasteiger partial charge in [0.1, 0.15) is 0 Å². The zero-order valence-corrected chi connectivity index (χ0v) is 14.6. The fourth-order valence-corrected chi connectivity index (χ4v) is 2.24. The van der Waals surface area contributed by atoms with Gasteiger partial charge >= 0.3 is 0 Å². The van der Waals surface area contributed by atoms with Crippen molar-refractivity contribution >= 4 is 39.7 Å². The Balaban J connectivity index is 1.86. The molecule has 1 amide bonds. The number of ether oxygens (including phenoxy) is 2. The highest BCUT2D eigenvalue weighted by atomic mass is 79.9. The van der Waals surface area contributed by atoms with E-state index in [9.17, 15) is 4.79 Å². The highest BCUT2D eigenvalue weighted by Crippen LogP contribution is 2.29. The van der Waals surface area contributed by atoms with Crippen LogP contribution in [0.2, 0.25) is 5.02 Å². The van der Waals surface area contributed by atoms with E-state index in [1.54, 1.807) is 36.4 Å². The summed E-state index contributed by atoms with van der Waals surface area (Å²) in [5.74, 6) is 0.632. The smallest absolute Gasteiger partial charge is 0.277 e. The minimum atomic E-state index is -0.381. The molecule has 0 saturated carbocycles. The molecule has 1 N–H and O–H groups in total. The number of carbonyl (C=O) groups is 1. The van der Waals surface area contributed by atoms with Crippen molar-refractivity contribution in [3.05, 3.63) is 57.5 Å². The second kappa shape index (κ2) is 8.55. The van der Waals surface area contributed by atoms with E-state index in [0.717, 1.165) is 10.0 Å². The first-order valence-corrected chi connectivity index (χ1v) is 7.79. The van der Waals surface area contributed by atoms with Crippen molar-refractivity contribution in [3.8, 4) is 11.5 Å². The number of rotatable bonds is 6. The zero-order chi connectivity index (χ0) is 16.7. The van der Waals surface area contributed by atoms with E-state index in [2.05, 4.69) is 26.5 Å². The molecule has 0 atom stereocenters. The molecule has 0 aliphatic carbocycles. The topological polar surface area (TPSA) is 59.9 Å². The van der Waals surface area contributed by atoms with Crippen LogP contribution in [-0.2, 0) is 4.79 Å². The maximum absolute atomic E-state index is 11.7. The highest BCUT2D eigenvalue weighted by molar-refractivity contribution is 9.10. The van der Waals surface area contributed by atoms with Crippen LogP contribution in [0.1, 0.15) is 5.56 Å². The molecule has 0 heterocycles. The average molecular weight is 398 g/mol. The number of hydrazone groups is 1. The lowest BCUT2D eigenvalue weighted by Gasteiger charge is -2.10. The van der Waals surface area contributed by atoms with Gasteiger partial charge < -0.3 is 9.47 Å². The van der Waals surface area contributed by atoms with Gasteiger partial charge in [0, 0.05) is 9.50 Å².